The maximum absolute atomic E-state index is 5.62. The zero-order chi connectivity index (χ0) is 11.5. The van der Waals surface area contributed by atoms with Crippen LogP contribution in [0.2, 0.25) is 0 Å². The Labute approximate surface area is 91.5 Å². The summed E-state index contributed by atoms with van der Waals surface area (Å²) in [6.45, 7) is 11.3. The van der Waals surface area contributed by atoms with E-state index in [1.165, 1.54) is 0 Å². The van der Waals surface area contributed by atoms with Crippen LogP contribution in [0.25, 0.3) is 0 Å². The SMILES string of the molecule is CCCNC(C)c1nnc(C(C)(C)C)o1. The van der Waals surface area contributed by atoms with E-state index >= 15 is 0 Å². The molecule has 0 bridgehead atoms. The van der Waals surface area contributed by atoms with Crippen molar-refractivity contribution >= 4 is 0 Å². The van der Waals surface area contributed by atoms with E-state index in [2.05, 4.69) is 43.2 Å². The number of nitrogens with one attached hydrogen (secondary N) is 1. The average Bonchev–Trinajstić information content (AvgIpc) is 2.62. The Morgan fingerprint density at radius 1 is 1.33 bits per heavy atom. The van der Waals surface area contributed by atoms with Gasteiger partial charge in [-0.2, -0.15) is 0 Å². The van der Waals surface area contributed by atoms with Crippen molar-refractivity contribution in [2.24, 2.45) is 0 Å². The zero-order valence-electron chi connectivity index (χ0n) is 10.3. The molecule has 1 N–H and O–H groups in total. The van der Waals surface area contributed by atoms with E-state index in [1.807, 2.05) is 6.92 Å². The summed E-state index contributed by atoms with van der Waals surface area (Å²) in [5.41, 5.74) is -0.0737. The number of hydrogen-bond acceptors (Lipinski definition) is 4. The van der Waals surface area contributed by atoms with E-state index in [9.17, 15) is 0 Å². The Morgan fingerprint density at radius 3 is 2.47 bits per heavy atom. The highest BCUT2D eigenvalue weighted by molar-refractivity contribution is 4.97. The van der Waals surface area contributed by atoms with Gasteiger partial charge < -0.3 is 9.73 Å². The van der Waals surface area contributed by atoms with Gasteiger partial charge in [0.05, 0.1) is 6.04 Å². The third-order valence-electron chi connectivity index (χ3n) is 2.15. The first-order valence-corrected chi connectivity index (χ1v) is 5.52. The van der Waals surface area contributed by atoms with Gasteiger partial charge >= 0.3 is 0 Å². The van der Waals surface area contributed by atoms with Gasteiger partial charge in [-0.05, 0) is 19.9 Å². The van der Waals surface area contributed by atoms with Crippen LogP contribution in [0.1, 0.15) is 58.9 Å². The van der Waals surface area contributed by atoms with Crippen LogP contribution in [0.3, 0.4) is 0 Å². The molecule has 0 fully saturated rings. The van der Waals surface area contributed by atoms with E-state index in [4.69, 9.17) is 4.42 Å². The quantitative estimate of drug-likeness (QED) is 0.831. The molecule has 1 rings (SSSR count). The van der Waals surface area contributed by atoms with Crippen molar-refractivity contribution in [1.29, 1.82) is 0 Å². The Morgan fingerprint density at radius 2 is 2.00 bits per heavy atom. The minimum Gasteiger partial charge on any atom is -0.423 e. The van der Waals surface area contributed by atoms with Crippen LogP contribution in [0, 0.1) is 0 Å². The minimum absolute atomic E-state index is 0.0737. The fourth-order valence-corrected chi connectivity index (χ4v) is 1.16. The van der Waals surface area contributed by atoms with E-state index in [-0.39, 0.29) is 11.5 Å². The van der Waals surface area contributed by atoms with Crippen molar-refractivity contribution in [3.8, 4) is 0 Å². The first kappa shape index (κ1) is 12.2. The predicted molar refractivity (Wildman–Crippen MR) is 59.7 cm³/mol. The Hall–Kier alpha value is -0.900. The molecule has 0 aromatic carbocycles. The molecule has 0 saturated heterocycles. The zero-order valence-corrected chi connectivity index (χ0v) is 10.3. The van der Waals surface area contributed by atoms with Gasteiger partial charge in [0.2, 0.25) is 11.8 Å². The summed E-state index contributed by atoms with van der Waals surface area (Å²) < 4.78 is 5.62. The summed E-state index contributed by atoms with van der Waals surface area (Å²) in [5, 5.41) is 11.4. The van der Waals surface area contributed by atoms with E-state index in [0.29, 0.717) is 11.8 Å². The Kier molecular flexibility index (Phi) is 3.85. The van der Waals surface area contributed by atoms with Crippen molar-refractivity contribution in [3.63, 3.8) is 0 Å². The number of rotatable bonds is 4. The van der Waals surface area contributed by atoms with Gasteiger partial charge in [0, 0.05) is 5.41 Å². The second kappa shape index (κ2) is 4.75. The van der Waals surface area contributed by atoms with Crippen molar-refractivity contribution in [1.82, 2.24) is 15.5 Å². The molecule has 0 amide bonds. The van der Waals surface area contributed by atoms with Gasteiger partial charge in [0.15, 0.2) is 0 Å². The molecule has 15 heavy (non-hydrogen) atoms. The van der Waals surface area contributed by atoms with Crippen LogP contribution in [0.4, 0.5) is 0 Å². The number of nitrogens with zero attached hydrogens (tertiary/aromatic N) is 2. The maximum atomic E-state index is 5.62. The van der Waals surface area contributed by atoms with E-state index < -0.39 is 0 Å². The normalized spacial score (nSPS) is 14.2. The highest BCUT2D eigenvalue weighted by atomic mass is 16.4. The molecule has 0 aliphatic carbocycles. The summed E-state index contributed by atoms with van der Waals surface area (Å²) in [6.07, 6.45) is 1.10. The lowest BCUT2D eigenvalue weighted by Crippen LogP contribution is -2.19. The topological polar surface area (TPSA) is 51.0 Å². The fourth-order valence-electron chi connectivity index (χ4n) is 1.16. The van der Waals surface area contributed by atoms with Gasteiger partial charge in [0.25, 0.3) is 0 Å². The second-order valence-corrected chi connectivity index (χ2v) is 4.87. The van der Waals surface area contributed by atoms with Crippen molar-refractivity contribution in [2.45, 2.75) is 52.5 Å². The van der Waals surface area contributed by atoms with Gasteiger partial charge in [-0.1, -0.05) is 27.7 Å². The molecule has 1 aromatic heterocycles. The van der Waals surface area contributed by atoms with Crippen molar-refractivity contribution < 1.29 is 4.42 Å². The van der Waals surface area contributed by atoms with Crippen LogP contribution in [0.15, 0.2) is 4.42 Å². The lowest BCUT2D eigenvalue weighted by Gasteiger charge is -2.12. The second-order valence-electron chi connectivity index (χ2n) is 4.87. The van der Waals surface area contributed by atoms with Crippen LogP contribution < -0.4 is 5.32 Å². The fraction of sp³-hybridized carbons (Fsp3) is 0.818. The largest absolute Gasteiger partial charge is 0.423 e. The van der Waals surface area contributed by atoms with Crippen LogP contribution >= 0.6 is 0 Å². The van der Waals surface area contributed by atoms with Crippen LogP contribution in [0.5, 0.6) is 0 Å². The van der Waals surface area contributed by atoms with E-state index in [0.717, 1.165) is 13.0 Å². The molecule has 1 aromatic rings. The van der Waals surface area contributed by atoms with Gasteiger partial charge in [-0.25, -0.2) is 0 Å². The van der Waals surface area contributed by atoms with Crippen molar-refractivity contribution in [3.05, 3.63) is 11.8 Å². The molecular weight excluding hydrogens is 190 g/mol. The Bertz CT molecular complexity index is 301. The molecule has 0 radical (unpaired) electrons. The van der Waals surface area contributed by atoms with Gasteiger partial charge in [-0.15, -0.1) is 10.2 Å². The molecule has 4 heteroatoms. The molecule has 4 nitrogen and oxygen atoms in total. The minimum atomic E-state index is -0.0737. The highest BCUT2D eigenvalue weighted by Crippen LogP contribution is 2.22. The molecule has 1 atom stereocenters. The van der Waals surface area contributed by atoms with E-state index in [1.54, 1.807) is 0 Å². The number of hydrogen-bond donors (Lipinski definition) is 1. The summed E-state index contributed by atoms with van der Waals surface area (Å²) in [7, 11) is 0. The molecule has 1 heterocycles. The van der Waals surface area contributed by atoms with Crippen LogP contribution in [-0.4, -0.2) is 16.7 Å². The Balaban J connectivity index is 2.67. The van der Waals surface area contributed by atoms with Crippen molar-refractivity contribution in [2.75, 3.05) is 6.54 Å². The standard InChI is InChI=1S/C11H21N3O/c1-6-7-12-8(2)9-13-14-10(15-9)11(3,4)5/h8,12H,6-7H2,1-5H3. The van der Waals surface area contributed by atoms with Gasteiger partial charge in [0.1, 0.15) is 0 Å². The van der Waals surface area contributed by atoms with Gasteiger partial charge in [-0.3, -0.25) is 0 Å². The molecule has 0 saturated carbocycles. The summed E-state index contributed by atoms with van der Waals surface area (Å²) in [6, 6.07) is 0.133. The molecule has 0 aliphatic heterocycles. The average molecular weight is 211 g/mol. The molecule has 0 spiro atoms. The monoisotopic (exact) mass is 211 g/mol. The summed E-state index contributed by atoms with van der Waals surface area (Å²) >= 11 is 0. The first-order chi connectivity index (χ1) is 6.95. The molecule has 86 valence electrons. The summed E-state index contributed by atoms with van der Waals surface area (Å²) in [5.74, 6) is 1.37. The number of aromatic nitrogens is 2. The van der Waals surface area contributed by atoms with Crippen LogP contribution in [-0.2, 0) is 5.41 Å². The molecular formula is C11H21N3O. The molecule has 1 unspecified atom stereocenters. The molecule has 0 aliphatic rings. The lowest BCUT2D eigenvalue weighted by atomic mass is 9.97. The first-order valence-electron chi connectivity index (χ1n) is 5.52. The third kappa shape index (κ3) is 3.30. The third-order valence-corrected chi connectivity index (χ3v) is 2.15. The highest BCUT2D eigenvalue weighted by Gasteiger charge is 2.22. The predicted octanol–water partition coefficient (Wildman–Crippen LogP) is 2.43. The smallest absolute Gasteiger partial charge is 0.233 e. The lowest BCUT2D eigenvalue weighted by molar-refractivity contribution is 0.345. The maximum Gasteiger partial charge on any atom is 0.233 e. The summed E-state index contributed by atoms with van der Waals surface area (Å²) in [4.78, 5) is 0.